The van der Waals surface area contributed by atoms with Crippen molar-refractivity contribution in [3.63, 3.8) is 0 Å². The quantitative estimate of drug-likeness (QED) is 0.656. The molecule has 0 radical (unpaired) electrons. The maximum Gasteiger partial charge on any atom is 0.325 e. The highest BCUT2D eigenvalue weighted by Gasteiger charge is 2.19. The van der Waals surface area contributed by atoms with Crippen LogP contribution in [0.15, 0.2) is 54.6 Å². The second-order valence-corrected chi connectivity index (χ2v) is 8.77. The normalized spacial score (nSPS) is 11.2. The van der Waals surface area contributed by atoms with Crippen LogP contribution in [0.3, 0.4) is 0 Å². The fourth-order valence-corrected chi connectivity index (χ4v) is 2.99. The topological polar surface area (TPSA) is 75.7 Å². The molecule has 0 heterocycles. The molecular weight excluding hydrogens is 392 g/mol. The molecule has 0 saturated heterocycles. The SMILES string of the molecule is CC(C)N(Cc1ccccc1)C(=O)COC(=O)CNC(=O)c1ccc(C(C)(C)C)cc1. The zero-order valence-electron chi connectivity index (χ0n) is 19.0. The Balaban J connectivity index is 1.82. The van der Waals surface area contributed by atoms with Gasteiger partial charge in [-0.2, -0.15) is 0 Å². The van der Waals surface area contributed by atoms with Crippen LogP contribution in [0, 0.1) is 0 Å². The lowest BCUT2D eigenvalue weighted by molar-refractivity contribution is -0.152. The minimum Gasteiger partial charge on any atom is -0.454 e. The van der Waals surface area contributed by atoms with Crippen molar-refractivity contribution in [3.8, 4) is 0 Å². The van der Waals surface area contributed by atoms with Crippen LogP contribution in [0.2, 0.25) is 0 Å². The summed E-state index contributed by atoms with van der Waals surface area (Å²) in [5, 5.41) is 2.53. The maximum atomic E-state index is 12.5. The predicted molar refractivity (Wildman–Crippen MR) is 121 cm³/mol. The Morgan fingerprint density at radius 1 is 0.968 bits per heavy atom. The summed E-state index contributed by atoms with van der Waals surface area (Å²) in [7, 11) is 0. The summed E-state index contributed by atoms with van der Waals surface area (Å²) < 4.78 is 5.08. The first-order chi connectivity index (χ1) is 14.6. The second kappa shape index (κ2) is 10.8. The van der Waals surface area contributed by atoms with Crippen molar-refractivity contribution < 1.29 is 19.1 Å². The minimum atomic E-state index is -0.656. The first-order valence-corrected chi connectivity index (χ1v) is 10.5. The van der Waals surface area contributed by atoms with Gasteiger partial charge in [0.15, 0.2) is 6.61 Å². The molecule has 2 amide bonds. The molecule has 0 aromatic heterocycles. The Kier molecular flexibility index (Phi) is 8.37. The Labute approximate surface area is 184 Å². The summed E-state index contributed by atoms with van der Waals surface area (Å²) in [6, 6.07) is 16.9. The highest BCUT2D eigenvalue weighted by molar-refractivity contribution is 5.96. The average molecular weight is 425 g/mol. The van der Waals surface area contributed by atoms with E-state index in [-0.39, 0.29) is 36.4 Å². The number of nitrogens with one attached hydrogen (secondary N) is 1. The van der Waals surface area contributed by atoms with E-state index in [0.29, 0.717) is 12.1 Å². The highest BCUT2D eigenvalue weighted by atomic mass is 16.5. The van der Waals surface area contributed by atoms with Gasteiger partial charge in [-0.3, -0.25) is 14.4 Å². The molecule has 1 N–H and O–H groups in total. The van der Waals surface area contributed by atoms with E-state index in [0.717, 1.165) is 11.1 Å². The number of benzene rings is 2. The lowest BCUT2D eigenvalue weighted by Gasteiger charge is -2.26. The lowest BCUT2D eigenvalue weighted by Crippen LogP contribution is -2.40. The molecule has 0 aliphatic rings. The summed E-state index contributed by atoms with van der Waals surface area (Å²) in [5.41, 5.74) is 2.58. The van der Waals surface area contributed by atoms with Crippen LogP contribution in [0.25, 0.3) is 0 Å². The summed E-state index contributed by atoms with van der Waals surface area (Å²) in [6.07, 6.45) is 0. The molecule has 0 saturated carbocycles. The largest absolute Gasteiger partial charge is 0.454 e. The van der Waals surface area contributed by atoms with Crippen LogP contribution in [0.1, 0.15) is 56.1 Å². The number of rotatable bonds is 8. The number of carbonyl (C=O) groups is 3. The Hall–Kier alpha value is -3.15. The molecule has 0 aliphatic carbocycles. The van der Waals surface area contributed by atoms with Crippen LogP contribution >= 0.6 is 0 Å². The molecule has 6 nitrogen and oxygen atoms in total. The van der Waals surface area contributed by atoms with Gasteiger partial charge in [-0.05, 0) is 42.5 Å². The third kappa shape index (κ3) is 7.55. The monoisotopic (exact) mass is 424 g/mol. The number of amides is 2. The molecule has 31 heavy (non-hydrogen) atoms. The van der Waals surface area contributed by atoms with Crippen LogP contribution < -0.4 is 5.32 Å². The molecule has 2 rings (SSSR count). The van der Waals surface area contributed by atoms with Gasteiger partial charge in [0.1, 0.15) is 6.54 Å². The van der Waals surface area contributed by atoms with Crippen molar-refractivity contribution in [3.05, 3.63) is 71.3 Å². The molecule has 6 heteroatoms. The summed E-state index contributed by atoms with van der Waals surface area (Å²) >= 11 is 0. The van der Waals surface area contributed by atoms with Gasteiger partial charge in [-0.1, -0.05) is 63.2 Å². The van der Waals surface area contributed by atoms with Gasteiger partial charge < -0.3 is 15.0 Å². The third-order valence-corrected chi connectivity index (χ3v) is 4.90. The summed E-state index contributed by atoms with van der Waals surface area (Å²) in [6.45, 7) is 9.89. The van der Waals surface area contributed by atoms with Crippen molar-refractivity contribution in [2.75, 3.05) is 13.2 Å². The predicted octanol–water partition coefficient (Wildman–Crippen LogP) is 3.69. The van der Waals surface area contributed by atoms with Crippen LogP contribution in [0.4, 0.5) is 0 Å². The molecule has 166 valence electrons. The molecule has 0 aliphatic heterocycles. The molecule has 0 bridgehead atoms. The van der Waals surface area contributed by atoms with Crippen molar-refractivity contribution in [2.45, 2.75) is 52.6 Å². The Morgan fingerprint density at radius 3 is 2.13 bits per heavy atom. The van der Waals surface area contributed by atoms with E-state index < -0.39 is 5.97 Å². The number of hydrogen-bond donors (Lipinski definition) is 1. The molecule has 0 atom stereocenters. The summed E-state index contributed by atoms with van der Waals surface area (Å²) in [5.74, 6) is -1.30. The second-order valence-electron chi connectivity index (χ2n) is 8.77. The first kappa shape index (κ1) is 24.1. The van der Waals surface area contributed by atoms with Crippen molar-refractivity contribution in [2.24, 2.45) is 0 Å². The smallest absolute Gasteiger partial charge is 0.325 e. The van der Waals surface area contributed by atoms with Gasteiger partial charge >= 0.3 is 5.97 Å². The number of hydrogen-bond acceptors (Lipinski definition) is 4. The molecule has 2 aromatic rings. The van der Waals surface area contributed by atoms with Gasteiger partial charge in [0.25, 0.3) is 11.8 Å². The van der Waals surface area contributed by atoms with E-state index in [2.05, 4.69) is 26.1 Å². The van der Waals surface area contributed by atoms with Gasteiger partial charge in [0, 0.05) is 18.2 Å². The van der Waals surface area contributed by atoms with Crippen molar-refractivity contribution >= 4 is 17.8 Å². The van der Waals surface area contributed by atoms with Gasteiger partial charge in [0.05, 0.1) is 0 Å². The first-order valence-electron chi connectivity index (χ1n) is 10.5. The van der Waals surface area contributed by atoms with E-state index in [1.165, 1.54) is 0 Å². The van der Waals surface area contributed by atoms with Crippen LogP contribution in [0.5, 0.6) is 0 Å². The van der Waals surface area contributed by atoms with Crippen molar-refractivity contribution in [1.82, 2.24) is 10.2 Å². The molecular formula is C25H32N2O4. The standard InChI is InChI=1S/C25H32N2O4/c1-18(2)27(16-19-9-7-6-8-10-19)22(28)17-31-23(29)15-26-24(30)20-11-13-21(14-12-20)25(3,4)5/h6-14,18H,15-17H2,1-5H3,(H,26,30). The fraction of sp³-hybridized carbons (Fsp3) is 0.400. The highest BCUT2D eigenvalue weighted by Crippen LogP contribution is 2.22. The average Bonchev–Trinajstić information content (AvgIpc) is 2.74. The van der Waals surface area contributed by atoms with Crippen molar-refractivity contribution in [1.29, 1.82) is 0 Å². The van der Waals surface area contributed by atoms with E-state index in [1.54, 1.807) is 17.0 Å². The van der Waals surface area contributed by atoms with Gasteiger partial charge in [-0.15, -0.1) is 0 Å². The van der Waals surface area contributed by atoms with E-state index in [1.807, 2.05) is 56.3 Å². The van der Waals surface area contributed by atoms with E-state index >= 15 is 0 Å². The van der Waals surface area contributed by atoms with Crippen LogP contribution in [-0.4, -0.2) is 41.9 Å². The number of carbonyl (C=O) groups excluding carboxylic acids is 3. The Bertz CT molecular complexity index is 884. The molecule has 0 unspecified atom stereocenters. The molecule has 0 spiro atoms. The maximum absolute atomic E-state index is 12.5. The third-order valence-electron chi connectivity index (χ3n) is 4.90. The van der Waals surface area contributed by atoms with E-state index in [9.17, 15) is 14.4 Å². The molecule has 0 fully saturated rings. The lowest BCUT2D eigenvalue weighted by atomic mass is 9.87. The number of ether oxygens (including phenoxy) is 1. The minimum absolute atomic E-state index is 0.00424. The zero-order chi connectivity index (χ0) is 23.0. The van der Waals surface area contributed by atoms with Gasteiger partial charge in [0.2, 0.25) is 0 Å². The summed E-state index contributed by atoms with van der Waals surface area (Å²) in [4.78, 5) is 38.4. The number of esters is 1. The van der Waals surface area contributed by atoms with Crippen LogP contribution in [-0.2, 0) is 26.3 Å². The van der Waals surface area contributed by atoms with Gasteiger partial charge in [-0.25, -0.2) is 0 Å². The van der Waals surface area contributed by atoms with E-state index in [4.69, 9.17) is 4.74 Å². The fourth-order valence-electron chi connectivity index (χ4n) is 2.99. The number of nitrogens with zero attached hydrogens (tertiary/aromatic N) is 1. The molecule has 2 aromatic carbocycles. The zero-order valence-corrected chi connectivity index (χ0v) is 19.0. The Morgan fingerprint density at radius 2 is 1.58 bits per heavy atom.